The lowest BCUT2D eigenvalue weighted by Crippen LogP contribution is -2.37. The molecule has 3 rings (SSSR count). The highest BCUT2D eigenvalue weighted by Gasteiger charge is 2.43. The number of esters is 1. The molecule has 0 aliphatic carbocycles. The summed E-state index contributed by atoms with van der Waals surface area (Å²) in [6, 6.07) is 10.5. The van der Waals surface area contributed by atoms with Crippen LogP contribution < -0.4 is 19.5 Å². The van der Waals surface area contributed by atoms with Crippen LogP contribution in [0.1, 0.15) is 5.56 Å². The van der Waals surface area contributed by atoms with Crippen molar-refractivity contribution >= 4 is 5.97 Å². The van der Waals surface area contributed by atoms with Gasteiger partial charge in [-0.1, -0.05) is 18.2 Å². The zero-order valence-electron chi connectivity index (χ0n) is 15.1. The van der Waals surface area contributed by atoms with Crippen molar-refractivity contribution in [1.29, 1.82) is 0 Å². The van der Waals surface area contributed by atoms with Crippen LogP contribution in [0.2, 0.25) is 0 Å². The second kappa shape index (κ2) is 7.97. The highest BCUT2D eigenvalue weighted by molar-refractivity contribution is 5.78. The molecule has 0 spiro atoms. The topological polar surface area (TPSA) is 66.0 Å². The van der Waals surface area contributed by atoms with Gasteiger partial charge in [0.1, 0.15) is 17.2 Å². The molecule has 0 saturated heterocycles. The van der Waals surface area contributed by atoms with Gasteiger partial charge in [-0.3, -0.25) is 0 Å². The van der Waals surface area contributed by atoms with E-state index in [9.17, 15) is 18.0 Å². The number of benzene rings is 2. The van der Waals surface area contributed by atoms with E-state index in [0.29, 0.717) is 40.5 Å². The minimum Gasteiger partial charge on any atom is -0.497 e. The molecule has 0 aromatic heterocycles. The zero-order chi connectivity index (χ0) is 20.3. The Morgan fingerprint density at radius 3 is 2.61 bits per heavy atom. The van der Waals surface area contributed by atoms with Crippen molar-refractivity contribution in [2.75, 3.05) is 20.8 Å². The predicted octanol–water partition coefficient (Wildman–Crippen LogP) is 3.28. The Morgan fingerprint density at radius 2 is 1.93 bits per heavy atom. The molecule has 2 aromatic carbocycles. The van der Waals surface area contributed by atoms with E-state index in [1.165, 1.54) is 14.2 Å². The molecule has 1 aliphatic rings. The summed E-state index contributed by atoms with van der Waals surface area (Å²) in [7, 11) is 3.02. The molecule has 0 fully saturated rings. The van der Waals surface area contributed by atoms with Crippen molar-refractivity contribution in [2.24, 2.45) is 0 Å². The van der Waals surface area contributed by atoms with Crippen molar-refractivity contribution in [1.82, 2.24) is 5.32 Å². The maximum atomic E-state index is 12.5. The van der Waals surface area contributed by atoms with Crippen molar-refractivity contribution in [3.8, 4) is 28.4 Å². The predicted molar refractivity (Wildman–Crippen MR) is 93.3 cm³/mol. The number of halogens is 3. The molecule has 2 aromatic rings. The SMILES string of the molecule is COc1ccc(-c2cccc3c2OC(OC(=O)C(F)(F)F)CNC3)c(OC)c1. The largest absolute Gasteiger partial charge is 0.497 e. The minimum atomic E-state index is -5.10. The zero-order valence-corrected chi connectivity index (χ0v) is 15.1. The fourth-order valence-corrected chi connectivity index (χ4v) is 2.85. The first-order valence-electron chi connectivity index (χ1n) is 8.33. The number of rotatable bonds is 4. The molecule has 0 saturated carbocycles. The second-order valence-electron chi connectivity index (χ2n) is 5.94. The Balaban J connectivity index is 1.98. The maximum absolute atomic E-state index is 12.5. The van der Waals surface area contributed by atoms with Gasteiger partial charge in [-0.2, -0.15) is 13.2 Å². The number of carbonyl (C=O) groups is 1. The van der Waals surface area contributed by atoms with Gasteiger partial charge in [0.05, 0.1) is 20.8 Å². The maximum Gasteiger partial charge on any atom is 0.491 e. The van der Waals surface area contributed by atoms with Crippen LogP contribution >= 0.6 is 0 Å². The number of ether oxygens (including phenoxy) is 4. The van der Waals surface area contributed by atoms with Gasteiger partial charge in [0.15, 0.2) is 0 Å². The Bertz CT molecular complexity index is 869. The molecule has 1 atom stereocenters. The number of nitrogens with one attached hydrogen (secondary N) is 1. The summed E-state index contributed by atoms with van der Waals surface area (Å²) >= 11 is 0. The van der Waals surface area contributed by atoms with E-state index >= 15 is 0 Å². The third-order valence-corrected chi connectivity index (χ3v) is 4.14. The molecule has 0 amide bonds. The van der Waals surface area contributed by atoms with Gasteiger partial charge in [0.25, 0.3) is 6.29 Å². The van der Waals surface area contributed by atoms with Crippen molar-refractivity contribution in [2.45, 2.75) is 19.0 Å². The molecule has 6 nitrogen and oxygen atoms in total. The van der Waals surface area contributed by atoms with Crippen LogP contribution in [-0.2, 0) is 16.1 Å². The van der Waals surface area contributed by atoms with Crippen molar-refractivity contribution in [3.05, 3.63) is 42.0 Å². The average Bonchev–Trinajstić information content (AvgIpc) is 2.88. The van der Waals surface area contributed by atoms with E-state index in [2.05, 4.69) is 10.1 Å². The fourth-order valence-electron chi connectivity index (χ4n) is 2.85. The van der Waals surface area contributed by atoms with Gasteiger partial charge in [-0.15, -0.1) is 0 Å². The lowest BCUT2D eigenvalue weighted by atomic mass is 10.00. The summed E-state index contributed by atoms with van der Waals surface area (Å²) in [5, 5.41) is 2.92. The first kappa shape index (κ1) is 19.8. The summed E-state index contributed by atoms with van der Waals surface area (Å²) in [6.07, 6.45) is -6.53. The molecule has 1 heterocycles. The van der Waals surface area contributed by atoms with Crippen molar-refractivity contribution < 1.29 is 36.9 Å². The molecule has 150 valence electrons. The van der Waals surface area contributed by atoms with Gasteiger partial charge in [-0.25, -0.2) is 4.79 Å². The third kappa shape index (κ3) is 4.14. The van der Waals surface area contributed by atoms with Gasteiger partial charge < -0.3 is 24.3 Å². The number of methoxy groups -OCH3 is 2. The minimum absolute atomic E-state index is 0.0876. The molecule has 28 heavy (non-hydrogen) atoms. The first-order chi connectivity index (χ1) is 13.3. The Kier molecular flexibility index (Phi) is 5.64. The van der Waals surface area contributed by atoms with E-state index in [1.54, 1.807) is 36.4 Å². The van der Waals surface area contributed by atoms with E-state index in [1.807, 2.05) is 0 Å². The molecule has 1 aliphatic heterocycles. The monoisotopic (exact) mass is 397 g/mol. The van der Waals surface area contributed by atoms with Crippen LogP contribution in [0.5, 0.6) is 17.2 Å². The second-order valence-corrected chi connectivity index (χ2v) is 5.94. The third-order valence-electron chi connectivity index (χ3n) is 4.14. The number of para-hydroxylation sites is 1. The van der Waals surface area contributed by atoms with Crippen LogP contribution in [-0.4, -0.2) is 39.2 Å². The smallest absolute Gasteiger partial charge is 0.491 e. The van der Waals surface area contributed by atoms with Gasteiger partial charge in [0.2, 0.25) is 0 Å². The Hall–Kier alpha value is -2.94. The number of fused-ring (bicyclic) bond motifs is 1. The quantitative estimate of drug-likeness (QED) is 0.799. The number of hydrogen-bond donors (Lipinski definition) is 1. The molecular formula is C19H18F3NO5. The summed E-state index contributed by atoms with van der Waals surface area (Å²) < 4.78 is 58.4. The summed E-state index contributed by atoms with van der Waals surface area (Å²) in [4.78, 5) is 11.2. The highest BCUT2D eigenvalue weighted by atomic mass is 19.4. The number of hydrogen-bond acceptors (Lipinski definition) is 6. The molecule has 1 unspecified atom stereocenters. The first-order valence-corrected chi connectivity index (χ1v) is 8.33. The van der Waals surface area contributed by atoms with E-state index in [4.69, 9.17) is 14.2 Å². The Labute approximate surface area is 159 Å². The normalized spacial score (nSPS) is 16.4. The number of carbonyl (C=O) groups excluding carboxylic acids is 1. The molecule has 1 N–H and O–H groups in total. The van der Waals surface area contributed by atoms with Crippen LogP contribution in [0.4, 0.5) is 13.2 Å². The summed E-state index contributed by atoms with van der Waals surface area (Å²) in [6.45, 7) is 0.247. The Morgan fingerprint density at radius 1 is 1.14 bits per heavy atom. The van der Waals surface area contributed by atoms with Crippen LogP contribution in [0.3, 0.4) is 0 Å². The van der Waals surface area contributed by atoms with Crippen LogP contribution in [0.15, 0.2) is 36.4 Å². The molecular weight excluding hydrogens is 379 g/mol. The van der Waals surface area contributed by atoms with Gasteiger partial charge >= 0.3 is 12.1 Å². The van der Waals surface area contributed by atoms with Crippen molar-refractivity contribution in [3.63, 3.8) is 0 Å². The van der Waals surface area contributed by atoms with Crippen LogP contribution in [0.25, 0.3) is 11.1 Å². The molecule has 0 radical (unpaired) electrons. The number of alkyl halides is 3. The van der Waals surface area contributed by atoms with Crippen LogP contribution in [0, 0.1) is 0 Å². The van der Waals surface area contributed by atoms with E-state index < -0.39 is 18.4 Å². The molecule has 9 heteroatoms. The lowest BCUT2D eigenvalue weighted by molar-refractivity contribution is -0.215. The average molecular weight is 397 g/mol. The highest BCUT2D eigenvalue weighted by Crippen LogP contribution is 2.41. The van der Waals surface area contributed by atoms with E-state index in [0.717, 1.165) is 0 Å². The van der Waals surface area contributed by atoms with E-state index in [-0.39, 0.29) is 6.54 Å². The standard InChI is InChI=1S/C19H18F3NO5/c1-25-12-6-7-13(15(8-12)26-2)14-5-3-4-11-9-23-10-16(27-17(11)14)28-18(24)19(20,21)22/h3-8,16,23H,9-10H2,1-2H3. The summed E-state index contributed by atoms with van der Waals surface area (Å²) in [5.74, 6) is -0.905. The van der Waals surface area contributed by atoms with Gasteiger partial charge in [-0.05, 0) is 12.1 Å². The van der Waals surface area contributed by atoms with Gasteiger partial charge in [0, 0.05) is 29.3 Å². The summed E-state index contributed by atoms with van der Waals surface area (Å²) in [5.41, 5.74) is 1.96. The lowest BCUT2D eigenvalue weighted by Gasteiger charge is -2.21. The molecule has 0 bridgehead atoms. The fraction of sp³-hybridized carbons (Fsp3) is 0.316.